The van der Waals surface area contributed by atoms with E-state index in [4.69, 9.17) is 10.5 Å². The number of hydrogen-bond acceptors (Lipinski definition) is 2. The molecule has 0 heterocycles. The minimum absolute atomic E-state index is 0.389. The molecule has 16 heavy (non-hydrogen) atoms. The van der Waals surface area contributed by atoms with Crippen molar-refractivity contribution in [2.45, 2.75) is 45.1 Å². The third-order valence-corrected chi connectivity index (χ3v) is 3.47. The highest BCUT2D eigenvalue weighted by Crippen LogP contribution is 2.29. The molecule has 88 valence electrons. The number of hydrogen-bond donors (Lipinski definition) is 1. The first-order valence-corrected chi connectivity index (χ1v) is 6.30. The monoisotopic (exact) mass is 219 g/mol. The van der Waals surface area contributed by atoms with Crippen molar-refractivity contribution in [3.05, 3.63) is 24.3 Å². The summed E-state index contributed by atoms with van der Waals surface area (Å²) >= 11 is 0. The van der Waals surface area contributed by atoms with E-state index in [0.717, 1.165) is 17.4 Å². The summed E-state index contributed by atoms with van der Waals surface area (Å²) in [6.07, 6.45) is 6.71. The molecule has 1 aromatic rings. The molecule has 2 heteroatoms. The van der Waals surface area contributed by atoms with Gasteiger partial charge in [-0.1, -0.05) is 25.8 Å². The van der Waals surface area contributed by atoms with Gasteiger partial charge in [-0.25, -0.2) is 0 Å². The van der Waals surface area contributed by atoms with Crippen molar-refractivity contribution in [1.29, 1.82) is 0 Å². The Bertz CT molecular complexity index is 337. The Morgan fingerprint density at radius 2 is 2.25 bits per heavy atom. The first kappa shape index (κ1) is 11.3. The molecule has 1 aliphatic carbocycles. The summed E-state index contributed by atoms with van der Waals surface area (Å²) in [6, 6.07) is 7.74. The number of nitrogens with two attached hydrogens (primary N) is 1. The Hall–Kier alpha value is -1.18. The standard InChI is InChI=1S/C14H21NO/c1-2-11-5-3-7-13(9-11)16-14-8-4-6-12(15)10-14/h4,6,8,10-11,13H,2-3,5,7,9,15H2,1H3. The van der Waals surface area contributed by atoms with Crippen molar-refractivity contribution < 1.29 is 4.74 Å². The number of rotatable bonds is 3. The van der Waals surface area contributed by atoms with Crippen LogP contribution < -0.4 is 10.5 Å². The molecule has 0 aromatic heterocycles. The van der Waals surface area contributed by atoms with Gasteiger partial charge in [0, 0.05) is 11.8 Å². The predicted octanol–water partition coefficient (Wildman–Crippen LogP) is 3.62. The highest BCUT2D eigenvalue weighted by molar-refractivity contribution is 5.43. The summed E-state index contributed by atoms with van der Waals surface area (Å²) in [6.45, 7) is 2.27. The van der Waals surface area contributed by atoms with Crippen LogP contribution in [0.5, 0.6) is 5.75 Å². The van der Waals surface area contributed by atoms with Gasteiger partial charge in [0.05, 0.1) is 6.10 Å². The second-order valence-electron chi connectivity index (χ2n) is 4.75. The van der Waals surface area contributed by atoms with Gasteiger partial charge < -0.3 is 10.5 Å². The lowest BCUT2D eigenvalue weighted by molar-refractivity contribution is 0.122. The van der Waals surface area contributed by atoms with Gasteiger partial charge in [-0.3, -0.25) is 0 Å². The number of ether oxygens (including phenoxy) is 1. The van der Waals surface area contributed by atoms with Gasteiger partial charge in [-0.2, -0.15) is 0 Å². The fourth-order valence-electron chi connectivity index (χ4n) is 2.50. The lowest BCUT2D eigenvalue weighted by Crippen LogP contribution is -2.25. The van der Waals surface area contributed by atoms with Crippen LogP contribution in [0.25, 0.3) is 0 Å². The molecule has 0 aliphatic heterocycles. The minimum Gasteiger partial charge on any atom is -0.490 e. The van der Waals surface area contributed by atoms with Gasteiger partial charge in [-0.15, -0.1) is 0 Å². The smallest absolute Gasteiger partial charge is 0.121 e. The summed E-state index contributed by atoms with van der Waals surface area (Å²) in [5.74, 6) is 1.77. The molecule has 0 radical (unpaired) electrons. The van der Waals surface area contributed by atoms with Crippen LogP contribution in [0.2, 0.25) is 0 Å². The van der Waals surface area contributed by atoms with Gasteiger partial charge in [0.25, 0.3) is 0 Å². The second-order valence-corrected chi connectivity index (χ2v) is 4.75. The fraction of sp³-hybridized carbons (Fsp3) is 0.571. The maximum absolute atomic E-state index is 5.99. The minimum atomic E-state index is 0.389. The summed E-state index contributed by atoms with van der Waals surface area (Å²) in [7, 11) is 0. The van der Waals surface area contributed by atoms with E-state index in [9.17, 15) is 0 Å². The molecular formula is C14H21NO. The summed E-state index contributed by atoms with van der Waals surface area (Å²) in [5, 5.41) is 0. The normalized spacial score (nSPS) is 25.3. The average molecular weight is 219 g/mol. The number of nitrogen functional groups attached to an aromatic ring is 1. The van der Waals surface area contributed by atoms with E-state index in [1.165, 1.54) is 32.1 Å². The van der Waals surface area contributed by atoms with Crippen LogP contribution in [-0.4, -0.2) is 6.10 Å². The lowest BCUT2D eigenvalue weighted by Gasteiger charge is -2.29. The quantitative estimate of drug-likeness (QED) is 0.788. The van der Waals surface area contributed by atoms with Gasteiger partial charge >= 0.3 is 0 Å². The molecule has 1 aliphatic rings. The SMILES string of the molecule is CCC1CCCC(Oc2cccc(N)c2)C1. The van der Waals surface area contributed by atoms with E-state index in [0.29, 0.717) is 6.10 Å². The first-order valence-electron chi connectivity index (χ1n) is 6.30. The molecule has 1 aromatic carbocycles. The van der Waals surface area contributed by atoms with Crippen molar-refractivity contribution >= 4 is 5.69 Å². The molecule has 0 amide bonds. The van der Waals surface area contributed by atoms with Crippen LogP contribution in [0.1, 0.15) is 39.0 Å². The largest absolute Gasteiger partial charge is 0.490 e. The molecule has 1 saturated carbocycles. The topological polar surface area (TPSA) is 35.2 Å². The van der Waals surface area contributed by atoms with Gasteiger partial charge in [-0.05, 0) is 37.3 Å². The highest BCUT2D eigenvalue weighted by Gasteiger charge is 2.21. The summed E-state index contributed by atoms with van der Waals surface area (Å²) < 4.78 is 5.99. The molecular weight excluding hydrogens is 198 g/mol. The third kappa shape index (κ3) is 2.91. The van der Waals surface area contributed by atoms with E-state index in [2.05, 4.69) is 6.92 Å². The van der Waals surface area contributed by atoms with Crippen molar-refractivity contribution in [1.82, 2.24) is 0 Å². The highest BCUT2D eigenvalue weighted by atomic mass is 16.5. The lowest BCUT2D eigenvalue weighted by atomic mass is 9.85. The van der Waals surface area contributed by atoms with Gasteiger partial charge in [0.1, 0.15) is 5.75 Å². The molecule has 2 nitrogen and oxygen atoms in total. The van der Waals surface area contributed by atoms with Crippen molar-refractivity contribution in [3.63, 3.8) is 0 Å². The van der Waals surface area contributed by atoms with E-state index in [-0.39, 0.29) is 0 Å². The predicted molar refractivity (Wildman–Crippen MR) is 67.5 cm³/mol. The zero-order valence-electron chi connectivity index (χ0n) is 9.99. The van der Waals surface area contributed by atoms with Crippen LogP contribution in [0.3, 0.4) is 0 Å². The average Bonchev–Trinajstić information content (AvgIpc) is 2.29. The Labute approximate surface area is 97.8 Å². The van der Waals surface area contributed by atoms with Crippen LogP contribution in [0.4, 0.5) is 5.69 Å². The Morgan fingerprint density at radius 3 is 3.00 bits per heavy atom. The van der Waals surface area contributed by atoms with E-state index >= 15 is 0 Å². The Kier molecular flexibility index (Phi) is 3.70. The van der Waals surface area contributed by atoms with Gasteiger partial charge in [0.15, 0.2) is 0 Å². The Morgan fingerprint density at radius 1 is 1.38 bits per heavy atom. The first-order chi connectivity index (χ1) is 7.78. The van der Waals surface area contributed by atoms with E-state index in [1.54, 1.807) is 0 Å². The maximum Gasteiger partial charge on any atom is 0.121 e. The van der Waals surface area contributed by atoms with Crippen LogP contribution >= 0.6 is 0 Å². The van der Waals surface area contributed by atoms with Crippen molar-refractivity contribution in [2.24, 2.45) is 5.92 Å². The van der Waals surface area contributed by atoms with Crippen molar-refractivity contribution in [2.75, 3.05) is 5.73 Å². The molecule has 0 spiro atoms. The number of benzene rings is 1. The van der Waals surface area contributed by atoms with E-state index in [1.807, 2.05) is 24.3 Å². The second kappa shape index (κ2) is 5.24. The zero-order valence-corrected chi connectivity index (χ0v) is 9.99. The molecule has 0 bridgehead atoms. The fourth-order valence-corrected chi connectivity index (χ4v) is 2.50. The number of anilines is 1. The zero-order chi connectivity index (χ0) is 11.4. The third-order valence-electron chi connectivity index (χ3n) is 3.47. The summed E-state index contributed by atoms with van der Waals surface area (Å²) in [5.41, 5.74) is 6.52. The maximum atomic E-state index is 5.99. The Balaban J connectivity index is 1.94. The molecule has 2 N–H and O–H groups in total. The molecule has 0 saturated heterocycles. The van der Waals surface area contributed by atoms with Crippen LogP contribution in [0.15, 0.2) is 24.3 Å². The van der Waals surface area contributed by atoms with E-state index < -0.39 is 0 Å². The van der Waals surface area contributed by atoms with Crippen LogP contribution in [0, 0.1) is 5.92 Å². The molecule has 2 rings (SSSR count). The van der Waals surface area contributed by atoms with Crippen molar-refractivity contribution in [3.8, 4) is 5.75 Å². The molecule has 2 unspecified atom stereocenters. The molecule has 2 atom stereocenters. The van der Waals surface area contributed by atoms with Gasteiger partial charge in [0.2, 0.25) is 0 Å². The molecule has 1 fully saturated rings. The summed E-state index contributed by atoms with van der Waals surface area (Å²) in [4.78, 5) is 0. The van der Waals surface area contributed by atoms with Crippen LogP contribution in [-0.2, 0) is 0 Å².